The van der Waals surface area contributed by atoms with Gasteiger partial charge in [-0.15, -0.1) is 0 Å². The topological polar surface area (TPSA) is 83.6 Å². The van der Waals surface area contributed by atoms with Crippen LogP contribution in [0.4, 0.5) is 0 Å². The summed E-state index contributed by atoms with van der Waals surface area (Å²) in [5, 5.41) is 9.01. The largest absolute Gasteiger partial charge is 0.481 e. The highest BCUT2D eigenvalue weighted by Gasteiger charge is 2.38. The molecule has 4 atom stereocenters. The lowest BCUT2D eigenvalue weighted by Crippen LogP contribution is -2.46. The molecule has 0 bridgehead atoms. The molecule has 98 valence electrons. The minimum Gasteiger partial charge on any atom is -0.481 e. The fourth-order valence-corrected chi connectivity index (χ4v) is 2.18. The molecule has 0 aromatic heterocycles. The Labute approximate surface area is 102 Å². The van der Waals surface area contributed by atoms with Gasteiger partial charge in [-0.05, 0) is 11.8 Å². The van der Waals surface area contributed by atoms with Crippen molar-refractivity contribution in [1.29, 1.82) is 0 Å². The van der Waals surface area contributed by atoms with Gasteiger partial charge in [0.1, 0.15) is 0 Å². The van der Waals surface area contributed by atoms with E-state index in [-0.39, 0.29) is 17.7 Å². The maximum Gasteiger partial charge on any atom is 0.308 e. The standard InChI is InChI=1S/C12H22N2O3/c1-4-7(2)10(13)11(15)14-5-8(3)9(6-14)12(16)17/h7-10H,4-6,13H2,1-3H3,(H,16,17)/t7?,8?,9?,10-/m0/s1. The molecule has 1 aliphatic rings. The van der Waals surface area contributed by atoms with Crippen LogP contribution in [0.2, 0.25) is 0 Å². The van der Waals surface area contributed by atoms with Crippen LogP contribution in [0.1, 0.15) is 27.2 Å². The first-order valence-electron chi connectivity index (χ1n) is 6.15. The third-order valence-electron chi connectivity index (χ3n) is 3.78. The molecule has 1 aliphatic heterocycles. The van der Waals surface area contributed by atoms with E-state index in [9.17, 15) is 9.59 Å². The van der Waals surface area contributed by atoms with Crippen molar-refractivity contribution >= 4 is 11.9 Å². The van der Waals surface area contributed by atoms with Gasteiger partial charge in [0.2, 0.25) is 5.91 Å². The number of aliphatic carboxylic acids is 1. The highest BCUT2D eigenvalue weighted by molar-refractivity contribution is 5.83. The summed E-state index contributed by atoms with van der Waals surface area (Å²) >= 11 is 0. The maximum atomic E-state index is 12.1. The molecule has 0 spiro atoms. The van der Waals surface area contributed by atoms with Crippen molar-refractivity contribution in [2.75, 3.05) is 13.1 Å². The van der Waals surface area contributed by atoms with E-state index in [4.69, 9.17) is 10.8 Å². The molecule has 3 unspecified atom stereocenters. The molecule has 3 N–H and O–H groups in total. The SMILES string of the molecule is CCC(C)[C@H](N)C(=O)N1CC(C)C(C(=O)O)C1. The summed E-state index contributed by atoms with van der Waals surface area (Å²) in [4.78, 5) is 24.6. The van der Waals surface area contributed by atoms with Gasteiger partial charge >= 0.3 is 5.97 Å². The molecule has 0 aromatic rings. The number of carbonyl (C=O) groups is 2. The summed E-state index contributed by atoms with van der Waals surface area (Å²) in [7, 11) is 0. The van der Waals surface area contributed by atoms with Gasteiger partial charge in [-0.2, -0.15) is 0 Å². The Morgan fingerprint density at radius 2 is 2.06 bits per heavy atom. The van der Waals surface area contributed by atoms with Gasteiger partial charge in [0.25, 0.3) is 0 Å². The number of carboxylic acids is 1. The molecule has 0 aliphatic carbocycles. The van der Waals surface area contributed by atoms with Crippen LogP contribution in [0.5, 0.6) is 0 Å². The van der Waals surface area contributed by atoms with E-state index in [1.54, 1.807) is 4.90 Å². The van der Waals surface area contributed by atoms with E-state index in [2.05, 4.69) is 0 Å². The second-order valence-electron chi connectivity index (χ2n) is 5.08. The van der Waals surface area contributed by atoms with Crippen molar-refractivity contribution in [1.82, 2.24) is 4.90 Å². The first-order valence-corrected chi connectivity index (χ1v) is 6.15. The van der Waals surface area contributed by atoms with Crippen molar-refractivity contribution in [3.05, 3.63) is 0 Å². The number of amides is 1. The molecule has 1 rings (SSSR count). The quantitative estimate of drug-likeness (QED) is 0.753. The number of carbonyl (C=O) groups excluding carboxylic acids is 1. The van der Waals surface area contributed by atoms with Crippen LogP contribution in [-0.4, -0.2) is 41.0 Å². The summed E-state index contributed by atoms with van der Waals surface area (Å²) in [5.74, 6) is -1.27. The van der Waals surface area contributed by atoms with Gasteiger partial charge in [-0.1, -0.05) is 27.2 Å². The lowest BCUT2D eigenvalue weighted by Gasteiger charge is -2.24. The third-order valence-corrected chi connectivity index (χ3v) is 3.78. The van der Waals surface area contributed by atoms with E-state index < -0.39 is 17.9 Å². The molecule has 1 fully saturated rings. The smallest absolute Gasteiger partial charge is 0.308 e. The predicted octanol–water partition coefficient (Wildman–Crippen LogP) is 0.539. The minimum absolute atomic E-state index is 0.000539. The monoisotopic (exact) mass is 242 g/mol. The van der Waals surface area contributed by atoms with E-state index in [1.807, 2.05) is 20.8 Å². The Morgan fingerprint density at radius 3 is 2.47 bits per heavy atom. The van der Waals surface area contributed by atoms with Crippen LogP contribution >= 0.6 is 0 Å². The van der Waals surface area contributed by atoms with Gasteiger partial charge in [0.15, 0.2) is 0 Å². The molecule has 0 aromatic carbocycles. The normalized spacial score (nSPS) is 27.9. The van der Waals surface area contributed by atoms with Crippen LogP contribution in [0.25, 0.3) is 0 Å². The maximum absolute atomic E-state index is 12.1. The molecule has 0 radical (unpaired) electrons. The van der Waals surface area contributed by atoms with Crippen LogP contribution in [0.15, 0.2) is 0 Å². The summed E-state index contributed by atoms with van der Waals surface area (Å²) < 4.78 is 0. The number of hydrogen-bond acceptors (Lipinski definition) is 3. The lowest BCUT2D eigenvalue weighted by atomic mass is 9.99. The van der Waals surface area contributed by atoms with Crippen LogP contribution in [0, 0.1) is 17.8 Å². The average molecular weight is 242 g/mol. The van der Waals surface area contributed by atoms with Gasteiger partial charge in [0.05, 0.1) is 12.0 Å². The van der Waals surface area contributed by atoms with Crippen LogP contribution in [-0.2, 0) is 9.59 Å². The van der Waals surface area contributed by atoms with Gasteiger partial charge in [-0.25, -0.2) is 0 Å². The zero-order chi connectivity index (χ0) is 13.2. The zero-order valence-corrected chi connectivity index (χ0v) is 10.7. The van der Waals surface area contributed by atoms with Crippen molar-refractivity contribution in [2.45, 2.75) is 33.2 Å². The molecular formula is C12H22N2O3. The molecule has 5 heteroatoms. The number of nitrogens with zero attached hydrogens (tertiary/aromatic N) is 1. The first kappa shape index (κ1) is 14.0. The first-order chi connectivity index (χ1) is 7.88. The summed E-state index contributed by atoms with van der Waals surface area (Å²) in [6, 6.07) is -0.514. The third kappa shape index (κ3) is 2.97. The van der Waals surface area contributed by atoms with Crippen LogP contribution in [0.3, 0.4) is 0 Å². The van der Waals surface area contributed by atoms with Crippen molar-refractivity contribution in [3.8, 4) is 0 Å². The number of nitrogens with two attached hydrogens (primary N) is 1. The number of likely N-dealkylation sites (tertiary alicyclic amines) is 1. The minimum atomic E-state index is -0.829. The Kier molecular flexibility index (Phi) is 4.51. The Bertz CT molecular complexity index is 306. The Hall–Kier alpha value is -1.10. The fourth-order valence-electron chi connectivity index (χ4n) is 2.18. The van der Waals surface area contributed by atoms with E-state index >= 15 is 0 Å². The number of rotatable bonds is 4. The molecule has 1 saturated heterocycles. The average Bonchev–Trinajstić information content (AvgIpc) is 2.68. The van der Waals surface area contributed by atoms with E-state index in [0.29, 0.717) is 13.1 Å². The Morgan fingerprint density at radius 1 is 1.47 bits per heavy atom. The molecule has 1 heterocycles. The zero-order valence-electron chi connectivity index (χ0n) is 10.7. The summed E-state index contributed by atoms with van der Waals surface area (Å²) in [6.45, 7) is 6.58. The van der Waals surface area contributed by atoms with E-state index in [0.717, 1.165) is 6.42 Å². The number of hydrogen-bond donors (Lipinski definition) is 2. The molecular weight excluding hydrogens is 220 g/mol. The summed E-state index contributed by atoms with van der Waals surface area (Å²) in [5.41, 5.74) is 5.88. The number of carboxylic acid groups (broad SMARTS) is 1. The van der Waals surface area contributed by atoms with Crippen molar-refractivity contribution in [3.63, 3.8) is 0 Å². The van der Waals surface area contributed by atoms with Gasteiger partial charge in [0, 0.05) is 13.1 Å². The Balaban J connectivity index is 2.64. The van der Waals surface area contributed by atoms with Gasteiger partial charge in [-0.3, -0.25) is 9.59 Å². The molecule has 17 heavy (non-hydrogen) atoms. The highest BCUT2D eigenvalue weighted by atomic mass is 16.4. The van der Waals surface area contributed by atoms with Crippen LogP contribution < -0.4 is 5.73 Å². The second kappa shape index (κ2) is 5.49. The van der Waals surface area contributed by atoms with Crippen molar-refractivity contribution in [2.24, 2.45) is 23.5 Å². The molecule has 5 nitrogen and oxygen atoms in total. The fraction of sp³-hybridized carbons (Fsp3) is 0.833. The lowest BCUT2D eigenvalue weighted by molar-refractivity contribution is -0.142. The highest BCUT2D eigenvalue weighted by Crippen LogP contribution is 2.24. The van der Waals surface area contributed by atoms with Gasteiger partial charge < -0.3 is 15.7 Å². The molecule has 0 saturated carbocycles. The summed E-state index contributed by atoms with van der Waals surface area (Å²) in [6.07, 6.45) is 0.846. The second-order valence-corrected chi connectivity index (χ2v) is 5.08. The molecule has 1 amide bonds. The predicted molar refractivity (Wildman–Crippen MR) is 64.3 cm³/mol. The van der Waals surface area contributed by atoms with E-state index in [1.165, 1.54) is 0 Å². The van der Waals surface area contributed by atoms with Crippen molar-refractivity contribution < 1.29 is 14.7 Å².